The standard InChI is InChI=1S/C25H25ClN4O4S.C24H21Cl2N5O3S/c1-3-12-33-24-22(14-27)20-9-8-19(21(20)13-23(24)26)16-4-6-18(7-5-16)34-15-17-10-11-28-25(29-17)30-35(2,31)32;1-35(2,32)31-24-28-9-7-16(30-24)14-34-17-5-3-15(4-6-17)22-18-11-21(26)23(33-10-8-25)19(12-27)20(18)13-29-22/h4-7,10-11,13,19H,3,8-9,12,15H2,1-2H3,(H,28,29,30);3-7,9,11H,1,8,10,13-14H2,2H3,(H,28,30,31,32). The van der Waals surface area contributed by atoms with Crippen molar-refractivity contribution >= 4 is 78.0 Å². The number of ether oxygens (including phenoxy) is 4. The molecule has 0 saturated carbocycles. The zero-order valence-corrected chi connectivity index (χ0v) is 42.1. The van der Waals surface area contributed by atoms with Crippen molar-refractivity contribution in [2.75, 3.05) is 41.0 Å². The molecule has 3 heterocycles. The normalized spacial score (nSPS) is 14.3. The van der Waals surface area contributed by atoms with Gasteiger partial charge in [-0.2, -0.15) is 10.5 Å². The van der Waals surface area contributed by atoms with Gasteiger partial charge in [-0.25, -0.2) is 32.6 Å². The number of alkyl halides is 1. The second-order valence-corrected chi connectivity index (χ2v) is 21.1. The van der Waals surface area contributed by atoms with E-state index in [0.29, 0.717) is 74.6 Å². The molecule has 21 heteroatoms. The largest absolute Gasteiger partial charge is 0.491 e. The molecule has 0 spiro atoms. The zero-order chi connectivity index (χ0) is 50.0. The van der Waals surface area contributed by atoms with E-state index < -0.39 is 19.7 Å². The summed E-state index contributed by atoms with van der Waals surface area (Å²) in [5.74, 6) is 6.31. The molecular weight excluding hydrogens is 997 g/mol. The third-order valence-corrected chi connectivity index (χ3v) is 12.5. The van der Waals surface area contributed by atoms with E-state index in [2.05, 4.69) is 52.4 Å². The highest BCUT2D eigenvalue weighted by Crippen LogP contribution is 2.45. The highest BCUT2D eigenvalue weighted by molar-refractivity contribution is 8.00. The summed E-state index contributed by atoms with van der Waals surface area (Å²) in [6, 6.07) is 26.8. The molecule has 362 valence electrons. The van der Waals surface area contributed by atoms with Crippen LogP contribution >= 0.6 is 34.8 Å². The first-order chi connectivity index (χ1) is 33.6. The summed E-state index contributed by atoms with van der Waals surface area (Å²) in [4.78, 5) is 21.0. The number of nitrogens with one attached hydrogen (secondary N) is 2. The summed E-state index contributed by atoms with van der Waals surface area (Å²) in [6.07, 6.45) is 8.05. The van der Waals surface area contributed by atoms with Crippen LogP contribution in [-0.4, -0.2) is 75.7 Å². The van der Waals surface area contributed by atoms with E-state index >= 15 is 0 Å². The third-order valence-electron chi connectivity index (χ3n) is 10.6. The fraction of sp³-hybridized carbons (Fsp3) is 0.265. The lowest BCUT2D eigenvalue weighted by Crippen LogP contribution is -2.13. The van der Waals surface area contributed by atoms with Crippen molar-refractivity contribution in [3.8, 4) is 35.1 Å². The second kappa shape index (κ2) is 22.8. The first kappa shape index (κ1) is 51.2. The quantitative estimate of drug-likeness (QED) is 0.0606. The van der Waals surface area contributed by atoms with Gasteiger partial charge in [-0.05, 0) is 102 Å². The fourth-order valence-corrected chi connectivity index (χ4v) is 9.21. The number of halogens is 3. The van der Waals surface area contributed by atoms with E-state index in [1.54, 1.807) is 24.4 Å². The molecule has 0 fully saturated rings. The van der Waals surface area contributed by atoms with E-state index in [1.165, 1.54) is 12.5 Å². The van der Waals surface area contributed by atoms with Gasteiger partial charge in [0.1, 0.15) is 49.0 Å². The molecular formula is C49H46Cl3N9O7S2. The second-order valence-electron chi connectivity index (χ2n) is 16.0. The number of benzene rings is 4. The third kappa shape index (κ3) is 12.9. The Morgan fingerprint density at radius 2 is 1.31 bits per heavy atom. The van der Waals surface area contributed by atoms with Gasteiger partial charge in [0.25, 0.3) is 0 Å². The van der Waals surface area contributed by atoms with E-state index in [1.807, 2.05) is 61.5 Å². The number of rotatable bonds is 18. The van der Waals surface area contributed by atoms with Crippen LogP contribution in [0.25, 0.3) is 0 Å². The number of aliphatic imine (C=N–C) groups is 1. The Morgan fingerprint density at radius 1 is 0.757 bits per heavy atom. The molecule has 16 nitrogen and oxygen atoms in total. The SMILES string of the molecule is C=S(C)(=O)Nc1nccc(COc2ccc(C3=NCc4c3cc(Cl)c(OCCCl)c4C#N)cc2)n1.CCCOc1c(Cl)cc2c(c1C#N)CCC2c1ccc(OCc2ccnc(NS(C)(=O)=O)n2)cc1. The van der Waals surface area contributed by atoms with Crippen LogP contribution in [0, 0.1) is 22.7 Å². The topological polar surface area (TPSA) is 224 Å². The number of hydrogen-bond donors (Lipinski definition) is 2. The van der Waals surface area contributed by atoms with Gasteiger partial charge in [0.05, 0.1) is 58.0 Å². The van der Waals surface area contributed by atoms with Crippen molar-refractivity contribution < 1.29 is 31.6 Å². The average Bonchev–Trinajstić information content (AvgIpc) is 3.95. The van der Waals surface area contributed by atoms with Gasteiger partial charge < -0.3 is 18.9 Å². The van der Waals surface area contributed by atoms with Gasteiger partial charge in [-0.1, -0.05) is 42.3 Å². The number of nitriles is 2. The molecule has 2 N–H and O–H groups in total. The highest BCUT2D eigenvalue weighted by atomic mass is 35.5. The van der Waals surface area contributed by atoms with E-state index in [0.717, 1.165) is 64.6 Å². The van der Waals surface area contributed by atoms with Crippen LogP contribution < -0.4 is 28.4 Å². The lowest BCUT2D eigenvalue weighted by molar-refractivity contribution is 0.301. The van der Waals surface area contributed by atoms with Gasteiger partial charge in [-0.15, -0.1) is 11.6 Å². The van der Waals surface area contributed by atoms with Gasteiger partial charge in [-0.3, -0.25) is 14.4 Å². The summed E-state index contributed by atoms with van der Waals surface area (Å²) in [7, 11) is -5.93. The maximum absolute atomic E-state index is 11.8. The highest BCUT2D eigenvalue weighted by Gasteiger charge is 2.30. The molecule has 2 atom stereocenters. The van der Waals surface area contributed by atoms with Gasteiger partial charge in [0.15, 0.2) is 11.5 Å². The maximum Gasteiger partial charge on any atom is 0.236 e. The monoisotopic (exact) mass is 1040 g/mol. The molecule has 6 aromatic rings. The summed E-state index contributed by atoms with van der Waals surface area (Å²) in [6.45, 7) is 3.51. The minimum Gasteiger partial charge on any atom is -0.491 e. The van der Waals surface area contributed by atoms with Gasteiger partial charge >= 0.3 is 0 Å². The molecule has 0 saturated heterocycles. The number of aromatic nitrogens is 4. The summed E-state index contributed by atoms with van der Waals surface area (Å²) in [5, 5.41) is 20.3. The van der Waals surface area contributed by atoms with Crippen molar-refractivity contribution in [2.45, 2.75) is 51.9 Å². The Morgan fingerprint density at radius 3 is 1.87 bits per heavy atom. The number of fused-ring (bicyclic) bond motifs is 2. The molecule has 70 heavy (non-hydrogen) atoms. The minimum atomic E-state index is -3.46. The first-order valence-electron chi connectivity index (χ1n) is 21.6. The predicted octanol–water partition coefficient (Wildman–Crippen LogP) is 9.04. The van der Waals surface area contributed by atoms with Crippen molar-refractivity contribution in [2.24, 2.45) is 4.99 Å². The number of nitrogens with zero attached hydrogens (tertiary/aromatic N) is 7. The molecule has 4 aromatic carbocycles. The number of anilines is 2. The van der Waals surface area contributed by atoms with Crippen LogP contribution in [0.15, 0.2) is 90.2 Å². The van der Waals surface area contributed by atoms with E-state index in [4.69, 9.17) is 53.8 Å². The lowest BCUT2D eigenvalue weighted by Gasteiger charge is -2.16. The molecule has 1 aliphatic heterocycles. The van der Waals surface area contributed by atoms with Crippen LogP contribution in [0.4, 0.5) is 11.9 Å². The first-order valence-corrected chi connectivity index (χ1v) is 26.9. The lowest BCUT2D eigenvalue weighted by atomic mass is 9.92. The Hall–Kier alpha value is -6.67. The fourth-order valence-electron chi connectivity index (χ4n) is 7.69. The van der Waals surface area contributed by atoms with Gasteiger partial charge in [0.2, 0.25) is 21.9 Å². The Balaban J connectivity index is 0.000000206. The van der Waals surface area contributed by atoms with Crippen LogP contribution in [0.3, 0.4) is 0 Å². The number of sulfonamides is 1. The van der Waals surface area contributed by atoms with Crippen molar-refractivity contribution in [3.63, 3.8) is 0 Å². The maximum atomic E-state index is 11.8. The predicted molar refractivity (Wildman–Crippen MR) is 273 cm³/mol. The summed E-state index contributed by atoms with van der Waals surface area (Å²) in [5.41, 5.74) is 8.47. The van der Waals surface area contributed by atoms with Crippen LogP contribution in [0.5, 0.6) is 23.0 Å². The van der Waals surface area contributed by atoms with Crippen LogP contribution in [-0.2, 0) is 45.9 Å². The van der Waals surface area contributed by atoms with E-state index in [-0.39, 0.29) is 37.6 Å². The summed E-state index contributed by atoms with van der Waals surface area (Å²) >= 11 is 18.6. The van der Waals surface area contributed by atoms with Crippen molar-refractivity contribution in [1.29, 1.82) is 10.5 Å². The molecule has 2 aliphatic rings. The number of hydrogen-bond acceptors (Lipinski definition) is 14. The smallest absolute Gasteiger partial charge is 0.236 e. The van der Waals surface area contributed by atoms with E-state index in [9.17, 15) is 23.2 Å². The van der Waals surface area contributed by atoms with Gasteiger partial charge in [0, 0.05) is 51.0 Å². The van der Waals surface area contributed by atoms with Crippen LogP contribution in [0.2, 0.25) is 10.0 Å². The van der Waals surface area contributed by atoms with Crippen molar-refractivity contribution in [1.82, 2.24) is 19.9 Å². The Labute approximate surface area is 421 Å². The molecule has 2 unspecified atom stereocenters. The Kier molecular flexibility index (Phi) is 16.7. The van der Waals surface area contributed by atoms with Crippen LogP contribution in [0.1, 0.15) is 81.6 Å². The molecule has 0 bridgehead atoms. The molecule has 2 aromatic heterocycles. The molecule has 0 radical (unpaired) electrons. The molecule has 0 amide bonds. The Bertz CT molecular complexity index is 3210. The average molecular weight is 1040 g/mol. The summed E-state index contributed by atoms with van der Waals surface area (Å²) < 4.78 is 62.5. The minimum absolute atomic E-state index is 0.00231. The molecule has 8 rings (SSSR count). The molecule has 1 aliphatic carbocycles. The zero-order valence-electron chi connectivity index (χ0n) is 38.2. The van der Waals surface area contributed by atoms with Crippen molar-refractivity contribution in [3.05, 3.63) is 151 Å².